The zero-order valence-electron chi connectivity index (χ0n) is 11.0. The minimum atomic E-state index is -0.625. The van der Waals surface area contributed by atoms with E-state index in [2.05, 4.69) is 15.9 Å². The second-order valence-corrected chi connectivity index (χ2v) is 5.30. The topological polar surface area (TPSA) is 78.4 Å². The van der Waals surface area contributed by atoms with Gasteiger partial charge < -0.3 is 10.5 Å². The molecule has 7 heteroatoms. The molecule has 0 heterocycles. The fraction of sp³-hybridized carbons (Fsp3) is 0.143. The Balaban J connectivity index is 2.36. The summed E-state index contributed by atoms with van der Waals surface area (Å²) in [5, 5.41) is 10.9. The van der Waals surface area contributed by atoms with Crippen LogP contribution in [0.3, 0.4) is 0 Å². The van der Waals surface area contributed by atoms with Crippen molar-refractivity contribution in [2.45, 2.75) is 13.0 Å². The van der Waals surface area contributed by atoms with Crippen molar-refractivity contribution >= 4 is 21.6 Å². The number of rotatable bonds is 4. The first-order chi connectivity index (χ1) is 9.88. The van der Waals surface area contributed by atoms with Gasteiger partial charge in [0.1, 0.15) is 11.6 Å². The van der Waals surface area contributed by atoms with E-state index in [0.29, 0.717) is 10.2 Å². The third kappa shape index (κ3) is 3.56. The van der Waals surface area contributed by atoms with Crippen molar-refractivity contribution in [1.29, 1.82) is 0 Å². The summed E-state index contributed by atoms with van der Waals surface area (Å²) in [4.78, 5) is 10.3. The zero-order chi connectivity index (χ0) is 15.6. The Labute approximate surface area is 128 Å². The van der Waals surface area contributed by atoms with Crippen molar-refractivity contribution in [1.82, 2.24) is 0 Å². The molecule has 0 aromatic heterocycles. The third-order valence-electron chi connectivity index (χ3n) is 2.81. The molecule has 0 aliphatic carbocycles. The lowest BCUT2D eigenvalue weighted by molar-refractivity contribution is -0.385. The molecule has 2 aromatic rings. The lowest BCUT2D eigenvalue weighted by Gasteiger charge is -2.11. The number of nitro groups is 1. The molecule has 0 radical (unpaired) electrons. The first-order valence-electron chi connectivity index (χ1n) is 6.05. The Morgan fingerprint density at radius 1 is 1.33 bits per heavy atom. The van der Waals surface area contributed by atoms with Crippen molar-refractivity contribution in [2.24, 2.45) is 5.73 Å². The van der Waals surface area contributed by atoms with Crippen molar-refractivity contribution < 1.29 is 14.1 Å². The first-order valence-corrected chi connectivity index (χ1v) is 6.84. The maximum atomic E-state index is 13.2. The Bertz CT molecular complexity index is 692. The Morgan fingerprint density at radius 2 is 2.05 bits per heavy atom. The smallest absolute Gasteiger partial charge is 0.311 e. The number of hydrogen-bond donors (Lipinski definition) is 1. The van der Waals surface area contributed by atoms with Gasteiger partial charge >= 0.3 is 5.69 Å². The van der Waals surface area contributed by atoms with Gasteiger partial charge in [-0.15, -0.1) is 0 Å². The van der Waals surface area contributed by atoms with E-state index < -0.39 is 10.7 Å². The minimum absolute atomic E-state index is 0.152. The van der Waals surface area contributed by atoms with Crippen LogP contribution in [-0.4, -0.2) is 4.92 Å². The van der Waals surface area contributed by atoms with E-state index in [1.807, 2.05) is 6.92 Å². The van der Waals surface area contributed by atoms with E-state index in [4.69, 9.17) is 10.5 Å². The van der Waals surface area contributed by atoms with Crippen LogP contribution < -0.4 is 10.5 Å². The molecule has 0 bridgehead atoms. The van der Waals surface area contributed by atoms with E-state index in [1.54, 1.807) is 18.2 Å². The molecule has 110 valence electrons. The molecule has 0 saturated carbocycles. The largest absolute Gasteiger partial charge is 0.450 e. The normalized spacial score (nSPS) is 12.0. The summed E-state index contributed by atoms with van der Waals surface area (Å²) < 4.78 is 19.4. The highest BCUT2D eigenvalue weighted by molar-refractivity contribution is 9.10. The number of ether oxygens (including phenoxy) is 1. The molecule has 21 heavy (non-hydrogen) atoms. The Morgan fingerprint density at radius 3 is 2.62 bits per heavy atom. The summed E-state index contributed by atoms with van der Waals surface area (Å²) in [6.07, 6.45) is 0. The highest BCUT2D eigenvalue weighted by Gasteiger charge is 2.17. The predicted molar refractivity (Wildman–Crippen MR) is 79.9 cm³/mol. The standard InChI is InChI=1S/C14H12BrFN2O3/c1-8(17)11-4-3-10(7-12(11)15)21-14-6-9(16)2-5-13(14)18(19)20/h2-8H,17H2,1H3. The molecule has 0 amide bonds. The molecule has 1 atom stereocenters. The zero-order valence-corrected chi connectivity index (χ0v) is 12.6. The van der Waals surface area contributed by atoms with E-state index in [9.17, 15) is 14.5 Å². The Hall–Kier alpha value is -1.99. The molecule has 2 N–H and O–H groups in total. The summed E-state index contributed by atoms with van der Waals surface area (Å²) >= 11 is 3.36. The molecule has 2 aromatic carbocycles. The average Bonchev–Trinajstić information content (AvgIpc) is 2.37. The summed E-state index contributed by atoms with van der Waals surface area (Å²) in [5.41, 5.74) is 6.36. The van der Waals surface area contributed by atoms with Crippen molar-refractivity contribution in [3.63, 3.8) is 0 Å². The first kappa shape index (κ1) is 15.4. The van der Waals surface area contributed by atoms with Gasteiger partial charge in [0.2, 0.25) is 5.75 Å². The molecule has 1 unspecified atom stereocenters. The van der Waals surface area contributed by atoms with Crippen LogP contribution in [0.1, 0.15) is 18.5 Å². The predicted octanol–water partition coefficient (Wildman–Crippen LogP) is 4.31. The maximum absolute atomic E-state index is 13.2. The van der Waals surface area contributed by atoms with Gasteiger partial charge in [-0.1, -0.05) is 22.0 Å². The Kier molecular flexibility index (Phi) is 4.54. The third-order valence-corrected chi connectivity index (χ3v) is 3.50. The molecular weight excluding hydrogens is 343 g/mol. The lowest BCUT2D eigenvalue weighted by atomic mass is 10.1. The highest BCUT2D eigenvalue weighted by atomic mass is 79.9. The number of nitrogens with two attached hydrogens (primary N) is 1. The van der Waals surface area contributed by atoms with E-state index in [1.165, 1.54) is 0 Å². The van der Waals surface area contributed by atoms with Crippen LogP contribution in [0.2, 0.25) is 0 Å². The molecule has 0 aliphatic heterocycles. The van der Waals surface area contributed by atoms with Crippen molar-refractivity contribution in [3.05, 3.63) is 62.4 Å². The lowest BCUT2D eigenvalue weighted by Crippen LogP contribution is -2.05. The second-order valence-electron chi connectivity index (χ2n) is 4.44. The fourth-order valence-electron chi connectivity index (χ4n) is 1.79. The molecular formula is C14H12BrFN2O3. The number of nitrogens with zero attached hydrogens (tertiary/aromatic N) is 1. The van der Waals surface area contributed by atoms with Gasteiger partial charge in [-0.05, 0) is 30.7 Å². The minimum Gasteiger partial charge on any atom is -0.450 e. The van der Waals surface area contributed by atoms with Crippen LogP contribution in [0.15, 0.2) is 40.9 Å². The van der Waals surface area contributed by atoms with Crippen molar-refractivity contribution in [2.75, 3.05) is 0 Å². The van der Waals surface area contributed by atoms with Gasteiger partial charge in [0, 0.05) is 22.6 Å². The summed E-state index contributed by atoms with van der Waals surface area (Å²) in [6, 6.07) is 7.89. The van der Waals surface area contributed by atoms with Gasteiger partial charge in [-0.3, -0.25) is 10.1 Å². The van der Waals surface area contributed by atoms with E-state index in [0.717, 1.165) is 23.8 Å². The van der Waals surface area contributed by atoms with E-state index in [-0.39, 0.29) is 17.5 Å². The van der Waals surface area contributed by atoms with Crippen molar-refractivity contribution in [3.8, 4) is 11.5 Å². The fourth-order valence-corrected chi connectivity index (χ4v) is 2.51. The second kappa shape index (κ2) is 6.19. The van der Waals surface area contributed by atoms with Crippen LogP contribution in [0.25, 0.3) is 0 Å². The quantitative estimate of drug-likeness (QED) is 0.655. The maximum Gasteiger partial charge on any atom is 0.311 e. The molecule has 0 saturated heterocycles. The average molecular weight is 355 g/mol. The highest BCUT2D eigenvalue weighted by Crippen LogP contribution is 2.34. The van der Waals surface area contributed by atoms with Gasteiger partial charge in [0.15, 0.2) is 0 Å². The monoisotopic (exact) mass is 354 g/mol. The van der Waals surface area contributed by atoms with Gasteiger partial charge in [-0.2, -0.15) is 0 Å². The van der Waals surface area contributed by atoms with Gasteiger partial charge in [0.05, 0.1) is 4.92 Å². The van der Waals surface area contributed by atoms with Crippen LogP contribution in [-0.2, 0) is 0 Å². The summed E-state index contributed by atoms with van der Waals surface area (Å²) in [7, 11) is 0. The van der Waals surface area contributed by atoms with Gasteiger partial charge in [-0.25, -0.2) is 4.39 Å². The van der Waals surface area contributed by atoms with Crippen LogP contribution in [0, 0.1) is 15.9 Å². The molecule has 0 aliphatic rings. The van der Waals surface area contributed by atoms with Crippen LogP contribution in [0.5, 0.6) is 11.5 Å². The molecule has 0 spiro atoms. The molecule has 0 fully saturated rings. The molecule has 2 rings (SSSR count). The number of hydrogen-bond acceptors (Lipinski definition) is 4. The molecule has 5 nitrogen and oxygen atoms in total. The number of halogens is 2. The van der Waals surface area contributed by atoms with Crippen LogP contribution >= 0.6 is 15.9 Å². The van der Waals surface area contributed by atoms with Crippen LogP contribution in [0.4, 0.5) is 10.1 Å². The van der Waals surface area contributed by atoms with E-state index >= 15 is 0 Å². The summed E-state index contributed by atoms with van der Waals surface area (Å²) in [6.45, 7) is 1.83. The SMILES string of the molecule is CC(N)c1ccc(Oc2cc(F)ccc2[N+](=O)[O-])cc1Br. The number of benzene rings is 2. The van der Waals surface area contributed by atoms with Gasteiger partial charge in [0.25, 0.3) is 0 Å². The number of nitro benzene ring substituents is 1. The summed E-state index contributed by atoms with van der Waals surface area (Å²) in [5.74, 6) is -0.415.